The lowest BCUT2D eigenvalue weighted by molar-refractivity contribution is 0.0949. The molecule has 2 aromatic carbocycles. The highest BCUT2D eigenvalue weighted by atomic mass is 16.2. The van der Waals surface area contributed by atoms with Crippen molar-refractivity contribution in [2.45, 2.75) is 13.5 Å². The Morgan fingerprint density at radius 1 is 0.935 bits per heavy atom. The van der Waals surface area contributed by atoms with Crippen LogP contribution in [0.3, 0.4) is 0 Å². The Balaban J connectivity index is 1.65. The smallest absolute Gasteiger partial charge is 0.316 e. The van der Waals surface area contributed by atoms with Crippen LogP contribution in [0.15, 0.2) is 65.6 Å². The summed E-state index contributed by atoms with van der Waals surface area (Å²) in [4.78, 5) is 49.6. The van der Waals surface area contributed by atoms with Crippen LogP contribution in [0.1, 0.15) is 31.8 Å². The minimum Gasteiger partial charge on any atom is -0.351 e. The highest BCUT2D eigenvalue weighted by molar-refractivity contribution is 6.05. The molecule has 3 rings (SSSR count). The molecule has 31 heavy (non-hydrogen) atoms. The normalized spacial score (nSPS) is 10.2. The summed E-state index contributed by atoms with van der Waals surface area (Å²) in [5.41, 5.74) is 7.87. The number of benzene rings is 2. The molecule has 0 saturated heterocycles. The Kier molecular flexibility index (Phi) is 6.46. The number of aryl methyl sites for hydroxylation is 1. The van der Waals surface area contributed by atoms with E-state index in [-0.39, 0.29) is 23.9 Å². The zero-order chi connectivity index (χ0) is 22.4. The average molecular weight is 419 g/mol. The van der Waals surface area contributed by atoms with Gasteiger partial charge in [-0.15, -0.1) is 0 Å². The van der Waals surface area contributed by atoms with Crippen LogP contribution in [-0.4, -0.2) is 22.8 Å². The number of aromatic amines is 1. The number of rotatable bonds is 6. The number of carbonyl (C=O) groups excluding carboxylic acids is 3. The molecule has 0 radical (unpaired) electrons. The zero-order valence-electron chi connectivity index (χ0n) is 16.7. The lowest BCUT2D eigenvalue weighted by Gasteiger charge is -2.10. The molecule has 0 spiro atoms. The Morgan fingerprint density at radius 2 is 1.65 bits per heavy atom. The van der Waals surface area contributed by atoms with Crippen LogP contribution in [0.2, 0.25) is 0 Å². The van der Waals surface area contributed by atoms with Crippen LogP contribution in [0.4, 0.5) is 16.2 Å². The SMILES string of the molecule is Cc1cc(=O)[nH]cc1C(=O)NCc1cccc(NC(=O)c2cccc(NC(N)=O)c2)c1. The van der Waals surface area contributed by atoms with Gasteiger partial charge in [-0.2, -0.15) is 0 Å². The summed E-state index contributed by atoms with van der Waals surface area (Å²) in [6.07, 6.45) is 1.38. The second-order valence-electron chi connectivity index (χ2n) is 6.80. The molecule has 0 aliphatic rings. The molecule has 9 heteroatoms. The van der Waals surface area contributed by atoms with E-state index >= 15 is 0 Å². The van der Waals surface area contributed by atoms with Crippen molar-refractivity contribution in [2.75, 3.05) is 10.6 Å². The number of nitrogens with two attached hydrogens (primary N) is 1. The van der Waals surface area contributed by atoms with Gasteiger partial charge in [0, 0.05) is 35.7 Å². The van der Waals surface area contributed by atoms with Crippen LogP contribution in [0, 0.1) is 6.92 Å². The lowest BCUT2D eigenvalue weighted by Crippen LogP contribution is -2.25. The van der Waals surface area contributed by atoms with Crippen molar-refractivity contribution in [1.29, 1.82) is 0 Å². The fourth-order valence-corrected chi connectivity index (χ4v) is 2.94. The molecule has 158 valence electrons. The molecular formula is C22H21N5O4. The monoisotopic (exact) mass is 419 g/mol. The van der Waals surface area contributed by atoms with Crippen LogP contribution in [0.25, 0.3) is 0 Å². The van der Waals surface area contributed by atoms with Crippen LogP contribution < -0.4 is 27.2 Å². The highest BCUT2D eigenvalue weighted by Gasteiger charge is 2.11. The van der Waals surface area contributed by atoms with E-state index in [0.29, 0.717) is 28.1 Å². The topological polar surface area (TPSA) is 146 Å². The Bertz CT molecular complexity index is 1200. The van der Waals surface area contributed by atoms with Gasteiger partial charge >= 0.3 is 6.03 Å². The number of nitrogens with one attached hydrogen (secondary N) is 4. The fourth-order valence-electron chi connectivity index (χ4n) is 2.94. The number of urea groups is 1. The van der Waals surface area contributed by atoms with Crippen molar-refractivity contribution in [3.8, 4) is 0 Å². The maximum Gasteiger partial charge on any atom is 0.316 e. The molecule has 0 unspecified atom stereocenters. The first-order valence-corrected chi connectivity index (χ1v) is 9.36. The van der Waals surface area contributed by atoms with Gasteiger partial charge in [0.25, 0.3) is 11.8 Å². The van der Waals surface area contributed by atoms with Crippen molar-refractivity contribution in [2.24, 2.45) is 5.73 Å². The molecule has 9 nitrogen and oxygen atoms in total. The summed E-state index contributed by atoms with van der Waals surface area (Å²) in [6, 6.07) is 14.0. The van der Waals surface area contributed by atoms with E-state index in [1.165, 1.54) is 18.3 Å². The molecule has 0 bridgehead atoms. The lowest BCUT2D eigenvalue weighted by atomic mass is 10.1. The van der Waals surface area contributed by atoms with Gasteiger partial charge in [0.15, 0.2) is 0 Å². The third-order valence-electron chi connectivity index (χ3n) is 4.41. The first kappa shape index (κ1) is 21.3. The molecule has 3 aromatic rings. The van der Waals surface area contributed by atoms with E-state index in [1.807, 2.05) is 6.07 Å². The number of amides is 4. The van der Waals surface area contributed by atoms with Gasteiger partial charge in [0.1, 0.15) is 0 Å². The summed E-state index contributed by atoms with van der Waals surface area (Å²) in [5, 5.41) is 7.99. The van der Waals surface area contributed by atoms with Gasteiger partial charge < -0.3 is 26.7 Å². The Hall–Kier alpha value is -4.40. The number of hydrogen-bond donors (Lipinski definition) is 5. The van der Waals surface area contributed by atoms with E-state index in [4.69, 9.17) is 5.73 Å². The second-order valence-corrected chi connectivity index (χ2v) is 6.80. The minimum atomic E-state index is -0.718. The standard InChI is InChI=1S/C22H21N5O4/c1-13-8-19(28)24-12-18(13)21(30)25-11-14-4-2-6-16(9-14)26-20(29)15-5-3-7-17(10-15)27-22(23)31/h2-10,12H,11H2,1H3,(H,24,28)(H,25,30)(H,26,29)(H3,23,27,31). The summed E-state index contributed by atoms with van der Waals surface area (Å²) >= 11 is 0. The maximum atomic E-state index is 12.5. The number of anilines is 2. The number of carbonyl (C=O) groups is 3. The Morgan fingerprint density at radius 3 is 2.35 bits per heavy atom. The summed E-state index contributed by atoms with van der Waals surface area (Å²) in [5.74, 6) is -0.680. The predicted octanol–water partition coefficient (Wildman–Crippen LogP) is 2.36. The average Bonchev–Trinajstić information content (AvgIpc) is 2.72. The van der Waals surface area contributed by atoms with Crippen LogP contribution >= 0.6 is 0 Å². The summed E-state index contributed by atoms with van der Waals surface area (Å²) < 4.78 is 0. The quantitative estimate of drug-likeness (QED) is 0.417. The molecule has 1 aromatic heterocycles. The molecule has 0 aliphatic heterocycles. The van der Waals surface area contributed by atoms with Gasteiger partial charge in [-0.05, 0) is 48.4 Å². The summed E-state index contributed by atoms with van der Waals surface area (Å²) in [6.45, 7) is 1.92. The van der Waals surface area contributed by atoms with Crippen molar-refractivity contribution < 1.29 is 14.4 Å². The molecule has 4 amide bonds. The second kappa shape index (κ2) is 9.40. The number of pyridine rings is 1. The number of hydrogen-bond acceptors (Lipinski definition) is 4. The maximum absolute atomic E-state index is 12.5. The van der Waals surface area contributed by atoms with E-state index < -0.39 is 6.03 Å². The predicted molar refractivity (Wildman–Crippen MR) is 117 cm³/mol. The molecule has 1 heterocycles. The molecule has 0 atom stereocenters. The largest absolute Gasteiger partial charge is 0.351 e. The first-order chi connectivity index (χ1) is 14.8. The van der Waals surface area contributed by atoms with E-state index in [1.54, 1.807) is 43.3 Å². The molecule has 0 aliphatic carbocycles. The molecule has 0 fully saturated rings. The van der Waals surface area contributed by atoms with Gasteiger partial charge in [-0.1, -0.05) is 18.2 Å². The number of H-pyrrole nitrogens is 1. The Labute approximate surface area is 177 Å². The third-order valence-corrected chi connectivity index (χ3v) is 4.41. The fraction of sp³-hybridized carbons (Fsp3) is 0.0909. The minimum absolute atomic E-state index is 0.235. The molecular weight excluding hydrogens is 398 g/mol. The van der Waals surface area contributed by atoms with E-state index in [0.717, 1.165) is 5.56 Å². The van der Waals surface area contributed by atoms with Crippen molar-refractivity contribution in [3.63, 3.8) is 0 Å². The number of aromatic nitrogens is 1. The van der Waals surface area contributed by atoms with Gasteiger partial charge in [0.2, 0.25) is 5.56 Å². The van der Waals surface area contributed by atoms with Gasteiger partial charge in [-0.3, -0.25) is 14.4 Å². The number of primary amides is 1. The van der Waals surface area contributed by atoms with E-state index in [2.05, 4.69) is 20.9 Å². The van der Waals surface area contributed by atoms with E-state index in [9.17, 15) is 19.2 Å². The molecule has 6 N–H and O–H groups in total. The van der Waals surface area contributed by atoms with Crippen molar-refractivity contribution >= 4 is 29.2 Å². The molecule has 0 saturated carbocycles. The summed E-state index contributed by atoms with van der Waals surface area (Å²) in [7, 11) is 0. The highest BCUT2D eigenvalue weighted by Crippen LogP contribution is 2.15. The van der Waals surface area contributed by atoms with Crippen LogP contribution in [-0.2, 0) is 6.54 Å². The zero-order valence-corrected chi connectivity index (χ0v) is 16.7. The van der Waals surface area contributed by atoms with Crippen molar-refractivity contribution in [3.05, 3.63) is 93.4 Å². The first-order valence-electron chi connectivity index (χ1n) is 9.36. The van der Waals surface area contributed by atoms with Gasteiger partial charge in [-0.25, -0.2) is 4.79 Å². The van der Waals surface area contributed by atoms with Gasteiger partial charge in [0.05, 0.1) is 5.56 Å². The van der Waals surface area contributed by atoms with Crippen molar-refractivity contribution in [1.82, 2.24) is 10.3 Å². The third kappa shape index (κ3) is 5.80. The van der Waals surface area contributed by atoms with Crippen LogP contribution in [0.5, 0.6) is 0 Å².